The second kappa shape index (κ2) is 14.3. The fourth-order valence-electron chi connectivity index (χ4n) is 8.50. The number of nitrogens with zero attached hydrogens (tertiary/aromatic N) is 1. The van der Waals surface area contributed by atoms with Crippen LogP contribution in [0.5, 0.6) is 0 Å². The molecule has 5 atom stereocenters. The first-order chi connectivity index (χ1) is 23.6. The van der Waals surface area contributed by atoms with E-state index in [0.717, 1.165) is 57.8 Å². The molecule has 1 unspecified atom stereocenters. The molecule has 5 aliphatic rings. The summed E-state index contributed by atoms with van der Waals surface area (Å²) >= 11 is 0. The summed E-state index contributed by atoms with van der Waals surface area (Å²) in [4.78, 5) is 70.4. The molecule has 1 saturated heterocycles. The number of urea groups is 1. The maximum atomic E-state index is 14.5. The molecule has 51 heavy (non-hydrogen) atoms. The van der Waals surface area contributed by atoms with Gasteiger partial charge in [0.25, 0.3) is 5.91 Å². The molecule has 4 N–H and O–H groups in total. The van der Waals surface area contributed by atoms with Crippen molar-refractivity contribution in [3.8, 4) is 0 Å². The van der Waals surface area contributed by atoms with Crippen LogP contribution in [0, 0.1) is 28.6 Å². The van der Waals surface area contributed by atoms with Crippen molar-refractivity contribution >= 4 is 39.4 Å². The van der Waals surface area contributed by atoms with Gasteiger partial charge >= 0.3 is 6.03 Å². The molecule has 12 nitrogen and oxygen atoms in total. The summed E-state index contributed by atoms with van der Waals surface area (Å²) in [6.45, 7) is 15.0. The zero-order valence-electron chi connectivity index (χ0n) is 32.2. The second-order valence-electron chi connectivity index (χ2n) is 19.0. The first-order valence-electron chi connectivity index (χ1n) is 19.3. The third-order valence-electron chi connectivity index (χ3n) is 12.6. The maximum Gasteiger partial charge on any atom is 0.315 e. The highest BCUT2D eigenvalue weighted by molar-refractivity contribution is 7.92. The van der Waals surface area contributed by atoms with Crippen molar-refractivity contribution in [2.45, 2.75) is 167 Å². The summed E-state index contributed by atoms with van der Waals surface area (Å²) < 4.78 is 25.7. The van der Waals surface area contributed by atoms with Crippen LogP contribution in [-0.2, 0) is 29.0 Å². The van der Waals surface area contributed by atoms with Gasteiger partial charge in [0.1, 0.15) is 12.1 Å². The molecule has 0 spiro atoms. The van der Waals surface area contributed by atoms with Crippen LogP contribution in [0.4, 0.5) is 4.79 Å². The highest BCUT2D eigenvalue weighted by Crippen LogP contribution is 2.65. The second-order valence-corrected chi connectivity index (χ2v) is 21.8. The number of hydrogen-bond donors (Lipinski definition) is 4. The van der Waals surface area contributed by atoms with Gasteiger partial charge in [-0.1, -0.05) is 73.1 Å². The fraction of sp³-hybridized carbons (Fsp3) is 0.868. The normalized spacial score (nSPS) is 26.9. The smallest absolute Gasteiger partial charge is 0.315 e. The van der Waals surface area contributed by atoms with E-state index in [9.17, 15) is 32.4 Å². The summed E-state index contributed by atoms with van der Waals surface area (Å²) in [5.74, 6) is -1.93. The third-order valence-corrected chi connectivity index (χ3v) is 15.4. The van der Waals surface area contributed by atoms with Gasteiger partial charge in [-0.2, -0.15) is 0 Å². The predicted molar refractivity (Wildman–Crippen MR) is 195 cm³/mol. The molecular formula is C38H63N5O7S. The van der Waals surface area contributed by atoms with Gasteiger partial charge in [-0.15, -0.1) is 0 Å². The van der Waals surface area contributed by atoms with Crippen molar-refractivity contribution in [2.75, 3.05) is 12.3 Å². The van der Waals surface area contributed by atoms with Crippen LogP contribution < -0.4 is 21.3 Å². The Bertz CT molecular complexity index is 1480. The van der Waals surface area contributed by atoms with E-state index in [1.807, 2.05) is 20.8 Å². The molecule has 5 rings (SSSR count). The monoisotopic (exact) mass is 733 g/mol. The molecule has 0 bridgehead atoms. The molecule has 1 heterocycles. The lowest BCUT2D eigenvalue weighted by Gasteiger charge is -2.41. The van der Waals surface area contributed by atoms with Crippen LogP contribution in [0.15, 0.2) is 0 Å². The average molecular weight is 734 g/mol. The first-order valence-corrected chi connectivity index (χ1v) is 21.0. The molecule has 13 heteroatoms. The molecule has 4 saturated carbocycles. The lowest BCUT2D eigenvalue weighted by molar-refractivity contribution is -0.145. The Morgan fingerprint density at radius 1 is 0.863 bits per heavy atom. The Balaban J connectivity index is 1.33. The molecule has 0 aromatic heterocycles. The van der Waals surface area contributed by atoms with Gasteiger partial charge in [-0.3, -0.25) is 19.2 Å². The number of Topliss-reactive ketones (excluding diaryl/α,β-unsaturated/α-hetero) is 1. The highest BCUT2D eigenvalue weighted by atomic mass is 32.2. The zero-order chi connectivity index (χ0) is 37.7. The quantitative estimate of drug-likeness (QED) is 0.207. The third kappa shape index (κ3) is 8.75. The number of carbonyl (C=O) groups excluding carboxylic acids is 5. The minimum absolute atomic E-state index is 0.00955. The van der Waals surface area contributed by atoms with E-state index < -0.39 is 73.2 Å². The number of ketones is 1. The molecule has 1 aliphatic heterocycles. The Morgan fingerprint density at radius 2 is 1.49 bits per heavy atom. The van der Waals surface area contributed by atoms with Gasteiger partial charge in [-0.05, 0) is 87.9 Å². The number of piperidine rings is 1. The molecule has 4 aliphatic carbocycles. The molecule has 0 aromatic rings. The minimum Gasteiger partial charge on any atom is -0.347 e. The first kappa shape index (κ1) is 39.5. The molecular weight excluding hydrogens is 671 g/mol. The van der Waals surface area contributed by atoms with Crippen LogP contribution in [0.25, 0.3) is 0 Å². The summed E-state index contributed by atoms with van der Waals surface area (Å²) in [7, 11) is -3.56. The largest absolute Gasteiger partial charge is 0.347 e. The lowest BCUT2D eigenvalue weighted by atomic mass is 9.81. The summed E-state index contributed by atoms with van der Waals surface area (Å²) in [6.07, 6.45) is 9.67. The van der Waals surface area contributed by atoms with E-state index in [1.165, 1.54) is 0 Å². The number of fused-ring (bicyclic) bond motifs is 1. The number of likely N-dealkylation sites (tertiary alicyclic amines) is 1. The van der Waals surface area contributed by atoms with Gasteiger partial charge < -0.3 is 26.2 Å². The van der Waals surface area contributed by atoms with E-state index in [0.29, 0.717) is 31.7 Å². The maximum absolute atomic E-state index is 14.5. The number of sulfone groups is 1. The minimum atomic E-state index is -3.56. The van der Waals surface area contributed by atoms with E-state index in [1.54, 1.807) is 25.7 Å². The van der Waals surface area contributed by atoms with Crippen molar-refractivity contribution < 1.29 is 32.4 Å². The van der Waals surface area contributed by atoms with E-state index >= 15 is 0 Å². The highest BCUT2D eigenvalue weighted by Gasteiger charge is 2.70. The molecule has 0 aromatic carbocycles. The van der Waals surface area contributed by atoms with Crippen molar-refractivity contribution in [3.63, 3.8) is 0 Å². The number of amides is 5. The standard InChI is InChI=1S/C38H63N5O7S/c1-35(2,3)30(41-34(48)42-38(19-10-9-11-20-38)22-51(49,50)36(4,5)6)33(47)43-21-25-27(37(25,7)8)28(43)31(45)40-26(18-15-23-13-12-14-23)29(44)32(46)39-24-16-17-24/h23-28,30H,9-22H2,1-8H3,(H,39,46)(H,40,45)(H2,41,42,48)/t25-,26?,27-,28-,30+/m0/s1. The summed E-state index contributed by atoms with van der Waals surface area (Å²) in [5, 5.41) is 11.6. The SMILES string of the molecule is CC(C)(C)[C@H](NC(=O)NC1(CS(=O)(=O)C(C)(C)C)CCCCC1)C(=O)N1C[C@H]2[C@@H]([C@H]1C(=O)NC(CCC1CCC1)C(=O)C(=O)NC1CC1)C2(C)C. The van der Waals surface area contributed by atoms with Crippen LogP contribution in [0.1, 0.15) is 132 Å². The van der Waals surface area contributed by atoms with Crippen LogP contribution in [-0.4, -0.2) is 89.6 Å². The summed E-state index contributed by atoms with van der Waals surface area (Å²) in [5.41, 5.74) is -1.90. The van der Waals surface area contributed by atoms with Crippen molar-refractivity contribution in [1.82, 2.24) is 26.2 Å². The van der Waals surface area contributed by atoms with Gasteiger partial charge in [0.05, 0.1) is 22.1 Å². The van der Waals surface area contributed by atoms with E-state index in [4.69, 9.17) is 0 Å². The van der Waals surface area contributed by atoms with Gasteiger partial charge in [-0.25, -0.2) is 13.2 Å². The zero-order valence-corrected chi connectivity index (χ0v) is 33.0. The molecule has 5 fully saturated rings. The predicted octanol–water partition coefficient (Wildman–Crippen LogP) is 4.01. The lowest BCUT2D eigenvalue weighted by Crippen LogP contribution is -2.64. The summed E-state index contributed by atoms with van der Waals surface area (Å²) in [6, 6.07) is -3.46. The van der Waals surface area contributed by atoms with E-state index in [-0.39, 0.29) is 29.0 Å². The molecule has 288 valence electrons. The van der Waals surface area contributed by atoms with Crippen molar-refractivity contribution in [3.05, 3.63) is 0 Å². The number of hydrogen-bond acceptors (Lipinski definition) is 7. The fourth-order valence-corrected chi connectivity index (χ4v) is 10.0. The average Bonchev–Trinajstić information content (AvgIpc) is 3.84. The Morgan fingerprint density at radius 3 is 2.02 bits per heavy atom. The molecule has 5 amide bonds. The Kier molecular flexibility index (Phi) is 11.1. The Hall–Kier alpha value is -2.70. The van der Waals surface area contributed by atoms with Crippen molar-refractivity contribution in [1.29, 1.82) is 0 Å². The van der Waals surface area contributed by atoms with E-state index in [2.05, 4.69) is 35.1 Å². The molecule has 0 radical (unpaired) electrons. The van der Waals surface area contributed by atoms with Crippen LogP contribution >= 0.6 is 0 Å². The number of carbonyl (C=O) groups is 5. The van der Waals surface area contributed by atoms with Gasteiger partial charge in [0, 0.05) is 12.6 Å². The van der Waals surface area contributed by atoms with Crippen LogP contribution in [0.2, 0.25) is 0 Å². The van der Waals surface area contributed by atoms with Gasteiger partial charge in [0.2, 0.25) is 17.6 Å². The number of rotatable bonds is 13. The topological polar surface area (TPSA) is 171 Å². The van der Waals surface area contributed by atoms with Crippen LogP contribution in [0.3, 0.4) is 0 Å². The number of nitrogens with one attached hydrogen (secondary N) is 4. The van der Waals surface area contributed by atoms with Crippen molar-refractivity contribution in [2.24, 2.45) is 28.6 Å². The van der Waals surface area contributed by atoms with Gasteiger partial charge in [0.15, 0.2) is 9.84 Å². The Labute approximate surface area is 305 Å².